The number of hydrogen-bond acceptors (Lipinski definition) is 7. The fourth-order valence-corrected chi connectivity index (χ4v) is 6.82. The maximum atomic E-state index is 13.1. The Morgan fingerprint density at radius 1 is 1.07 bits per heavy atom. The molecular formula is C33H41ClN6O2. The van der Waals surface area contributed by atoms with Crippen LogP contribution in [0, 0.1) is 0 Å². The number of amides is 1. The van der Waals surface area contributed by atoms with E-state index in [0.29, 0.717) is 17.5 Å². The molecule has 4 aliphatic rings. The number of benzene rings is 2. The summed E-state index contributed by atoms with van der Waals surface area (Å²) in [5.41, 5.74) is 7.38. The zero-order valence-corrected chi connectivity index (χ0v) is 25.3. The Balaban J connectivity index is 1.08. The molecule has 1 atom stereocenters. The zero-order valence-electron chi connectivity index (χ0n) is 24.5. The van der Waals surface area contributed by atoms with Crippen LogP contribution >= 0.6 is 11.6 Å². The van der Waals surface area contributed by atoms with Gasteiger partial charge in [-0.25, -0.2) is 4.99 Å². The maximum absolute atomic E-state index is 13.1. The molecular weight excluding hydrogens is 548 g/mol. The van der Waals surface area contributed by atoms with Gasteiger partial charge in [-0.05, 0) is 93.4 Å². The second kappa shape index (κ2) is 12.1. The molecule has 0 saturated carbocycles. The summed E-state index contributed by atoms with van der Waals surface area (Å²) in [7, 11) is 4.07. The highest BCUT2D eigenvalue weighted by Crippen LogP contribution is 2.38. The van der Waals surface area contributed by atoms with Crippen LogP contribution in [0.5, 0.6) is 0 Å². The normalized spacial score (nSPS) is 22.3. The first-order chi connectivity index (χ1) is 20.3. The highest BCUT2D eigenvalue weighted by atomic mass is 35.5. The Labute approximate surface area is 253 Å². The van der Waals surface area contributed by atoms with Crippen LogP contribution in [0.1, 0.15) is 47.2 Å². The zero-order chi connectivity index (χ0) is 29.3. The van der Waals surface area contributed by atoms with Crippen LogP contribution in [0.15, 0.2) is 77.6 Å². The van der Waals surface area contributed by atoms with Gasteiger partial charge < -0.3 is 19.8 Å². The van der Waals surface area contributed by atoms with E-state index in [-0.39, 0.29) is 24.1 Å². The van der Waals surface area contributed by atoms with Gasteiger partial charge in [0.2, 0.25) is 0 Å². The van der Waals surface area contributed by atoms with Gasteiger partial charge in [0.1, 0.15) is 5.84 Å². The Bertz CT molecular complexity index is 1360. The third kappa shape index (κ3) is 5.80. The van der Waals surface area contributed by atoms with Gasteiger partial charge in [-0.2, -0.15) is 0 Å². The summed E-state index contributed by atoms with van der Waals surface area (Å²) in [5.74, 6) is 0.996. The number of fused-ring (bicyclic) bond motifs is 1. The third-order valence-electron chi connectivity index (χ3n) is 9.55. The van der Waals surface area contributed by atoms with Gasteiger partial charge in [0.25, 0.3) is 5.91 Å². The van der Waals surface area contributed by atoms with Gasteiger partial charge in [0.05, 0.1) is 12.3 Å². The number of hydrazine groups is 1. The molecule has 0 spiro atoms. The number of nitrogens with zero attached hydrogens (tertiary/aromatic N) is 5. The van der Waals surface area contributed by atoms with Gasteiger partial charge >= 0.3 is 0 Å². The van der Waals surface area contributed by atoms with E-state index in [2.05, 4.69) is 39.4 Å². The SMILES string of the molecule is CN1CCC(N(C)C(=O)c2ccc(CC3=NC4C(N5CCC(CO)(c6ccc(Cl)cc6)CC5)=CC=CN4N3)cc2)CC1. The Hall–Kier alpha value is -3.33. The number of likely N-dealkylation sites (tertiary alicyclic amines) is 2. The molecule has 2 aromatic carbocycles. The predicted molar refractivity (Wildman–Crippen MR) is 167 cm³/mol. The average Bonchev–Trinajstić information content (AvgIpc) is 3.44. The van der Waals surface area contributed by atoms with Crippen molar-refractivity contribution < 1.29 is 9.90 Å². The lowest BCUT2D eigenvalue weighted by Gasteiger charge is -2.44. The number of hydrogen-bond donors (Lipinski definition) is 2. The van der Waals surface area contributed by atoms with Crippen molar-refractivity contribution in [3.05, 3.63) is 94.3 Å². The van der Waals surface area contributed by atoms with E-state index in [4.69, 9.17) is 16.6 Å². The van der Waals surface area contributed by atoms with Gasteiger partial charge in [-0.3, -0.25) is 15.2 Å². The van der Waals surface area contributed by atoms with Crippen molar-refractivity contribution in [1.82, 2.24) is 25.1 Å². The van der Waals surface area contributed by atoms with E-state index < -0.39 is 0 Å². The van der Waals surface area contributed by atoms with Crippen LogP contribution in [0.2, 0.25) is 5.02 Å². The molecule has 2 N–H and O–H groups in total. The molecule has 0 aliphatic carbocycles. The monoisotopic (exact) mass is 588 g/mol. The number of aliphatic imine (C=N–C) groups is 1. The maximum Gasteiger partial charge on any atom is 0.253 e. The molecule has 1 unspecified atom stereocenters. The Morgan fingerprint density at radius 3 is 2.43 bits per heavy atom. The van der Waals surface area contributed by atoms with E-state index in [1.807, 2.05) is 66.7 Å². The van der Waals surface area contributed by atoms with Crippen molar-refractivity contribution in [1.29, 1.82) is 0 Å². The number of allylic oxidation sites excluding steroid dienone is 2. The highest BCUT2D eigenvalue weighted by Gasteiger charge is 2.39. The molecule has 2 fully saturated rings. The second-order valence-corrected chi connectivity index (χ2v) is 12.6. The van der Waals surface area contributed by atoms with Gasteiger partial charge in [0.15, 0.2) is 6.17 Å². The number of aliphatic hydroxyl groups is 1. The number of carbonyl (C=O) groups excluding carboxylic acids is 1. The Kier molecular flexibility index (Phi) is 8.30. The molecule has 1 amide bonds. The summed E-state index contributed by atoms with van der Waals surface area (Å²) in [6.07, 6.45) is 10.6. The molecule has 6 rings (SSSR count). The van der Waals surface area contributed by atoms with Crippen molar-refractivity contribution in [3.8, 4) is 0 Å². The van der Waals surface area contributed by atoms with Crippen LogP contribution in [0.4, 0.5) is 0 Å². The van der Waals surface area contributed by atoms with E-state index >= 15 is 0 Å². The van der Waals surface area contributed by atoms with Crippen molar-refractivity contribution in [3.63, 3.8) is 0 Å². The molecule has 0 radical (unpaired) electrons. The quantitative estimate of drug-likeness (QED) is 0.509. The number of aliphatic hydroxyl groups excluding tert-OH is 1. The summed E-state index contributed by atoms with van der Waals surface area (Å²) in [5, 5.41) is 13.2. The summed E-state index contributed by atoms with van der Waals surface area (Å²) in [6, 6.07) is 16.2. The molecule has 2 saturated heterocycles. The van der Waals surface area contributed by atoms with Crippen molar-refractivity contribution in [2.45, 2.75) is 49.7 Å². The minimum Gasteiger partial charge on any atom is -0.395 e. The smallest absolute Gasteiger partial charge is 0.253 e. The Morgan fingerprint density at radius 2 is 1.76 bits per heavy atom. The molecule has 9 heteroatoms. The highest BCUT2D eigenvalue weighted by molar-refractivity contribution is 6.30. The van der Waals surface area contributed by atoms with Crippen LogP contribution in [0.25, 0.3) is 0 Å². The molecule has 4 aliphatic heterocycles. The molecule has 0 aromatic heterocycles. The average molecular weight is 589 g/mol. The molecule has 222 valence electrons. The third-order valence-corrected chi connectivity index (χ3v) is 9.80. The molecule has 0 bridgehead atoms. The first-order valence-electron chi connectivity index (χ1n) is 15.0. The molecule has 4 heterocycles. The summed E-state index contributed by atoms with van der Waals surface area (Å²) < 4.78 is 0. The summed E-state index contributed by atoms with van der Waals surface area (Å²) in [6.45, 7) is 3.88. The first-order valence-corrected chi connectivity index (χ1v) is 15.4. The first kappa shape index (κ1) is 28.8. The van der Waals surface area contributed by atoms with Crippen LogP contribution in [-0.4, -0.2) is 95.6 Å². The van der Waals surface area contributed by atoms with Crippen molar-refractivity contribution in [2.24, 2.45) is 4.99 Å². The number of halogens is 1. The lowest BCUT2D eigenvalue weighted by molar-refractivity contribution is 0.0659. The lowest BCUT2D eigenvalue weighted by Crippen LogP contribution is -2.48. The lowest BCUT2D eigenvalue weighted by atomic mass is 9.73. The van der Waals surface area contributed by atoms with Gasteiger partial charge in [0, 0.05) is 54.8 Å². The van der Waals surface area contributed by atoms with E-state index in [1.54, 1.807) is 0 Å². The summed E-state index contributed by atoms with van der Waals surface area (Å²) >= 11 is 6.12. The number of carbonyl (C=O) groups is 1. The number of piperidine rings is 2. The number of rotatable bonds is 7. The van der Waals surface area contributed by atoms with Gasteiger partial charge in [-0.15, -0.1) is 0 Å². The fourth-order valence-electron chi connectivity index (χ4n) is 6.70. The van der Waals surface area contributed by atoms with E-state index in [0.717, 1.165) is 74.4 Å². The summed E-state index contributed by atoms with van der Waals surface area (Å²) in [4.78, 5) is 24.8. The second-order valence-electron chi connectivity index (χ2n) is 12.2. The van der Waals surface area contributed by atoms with Crippen molar-refractivity contribution in [2.75, 3.05) is 46.9 Å². The minimum absolute atomic E-state index is 0.0901. The fraction of sp³-hybridized carbons (Fsp3) is 0.455. The van der Waals surface area contributed by atoms with E-state index in [9.17, 15) is 9.90 Å². The standard InChI is InChI=1S/C33H41ClN6O2/c1-37-18-13-28(14-19-37)38(2)32(42)25-7-5-24(6-8-25)22-30-35-31-29(4-3-17-40(31)36-30)39-20-15-33(23-41,16-21-39)26-9-11-27(34)12-10-26/h3-12,17,28,31,41H,13-16,18-23H2,1-2H3,(H,35,36). The van der Waals surface area contributed by atoms with Crippen LogP contribution in [-0.2, 0) is 11.8 Å². The molecule has 2 aromatic rings. The largest absolute Gasteiger partial charge is 0.395 e. The van der Waals surface area contributed by atoms with Crippen molar-refractivity contribution >= 4 is 23.3 Å². The van der Waals surface area contributed by atoms with Crippen LogP contribution in [0.3, 0.4) is 0 Å². The molecule has 8 nitrogen and oxygen atoms in total. The predicted octanol–water partition coefficient (Wildman–Crippen LogP) is 4.03. The topological polar surface area (TPSA) is 74.6 Å². The van der Waals surface area contributed by atoms with E-state index in [1.165, 1.54) is 5.70 Å². The number of nitrogens with one attached hydrogen (secondary N) is 1. The van der Waals surface area contributed by atoms with Crippen LogP contribution < -0.4 is 5.43 Å². The molecule has 42 heavy (non-hydrogen) atoms. The number of amidine groups is 1. The van der Waals surface area contributed by atoms with Gasteiger partial charge in [-0.1, -0.05) is 35.9 Å². The minimum atomic E-state index is -0.246.